The van der Waals surface area contributed by atoms with Gasteiger partial charge in [-0.25, -0.2) is 8.42 Å². The van der Waals surface area contributed by atoms with Crippen LogP contribution in [0.4, 0.5) is 0 Å². The van der Waals surface area contributed by atoms with Crippen LogP contribution in [0.15, 0.2) is 20.1 Å². The van der Waals surface area contributed by atoms with E-state index in [9.17, 15) is 8.42 Å². The van der Waals surface area contributed by atoms with Crippen LogP contribution in [0.5, 0.6) is 0 Å². The standard InChI is InChI=1S/C13H14BrN3O2S2/c14-12-4-5-13(20-12)21(18,19)16-6-7-17-11(8-16)9-2-1-3-10(9)15-17/h4-5H,1-3,6-8H2. The number of hydrogen-bond donors (Lipinski definition) is 0. The Morgan fingerprint density at radius 1 is 1.24 bits per heavy atom. The van der Waals surface area contributed by atoms with Crippen LogP contribution in [-0.4, -0.2) is 29.0 Å². The zero-order chi connectivity index (χ0) is 14.6. The van der Waals surface area contributed by atoms with Crippen molar-refractivity contribution in [1.82, 2.24) is 14.1 Å². The highest BCUT2D eigenvalue weighted by molar-refractivity contribution is 9.11. The van der Waals surface area contributed by atoms with E-state index < -0.39 is 10.0 Å². The smallest absolute Gasteiger partial charge is 0.253 e. The minimum atomic E-state index is -3.40. The van der Waals surface area contributed by atoms with E-state index in [1.54, 1.807) is 16.4 Å². The summed E-state index contributed by atoms with van der Waals surface area (Å²) in [5.41, 5.74) is 3.54. The highest BCUT2D eigenvalue weighted by Crippen LogP contribution is 2.32. The van der Waals surface area contributed by atoms with Crippen LogP contribution in [0.1, 0.15) is 23.4 Å². The van der Waals surface area contributed by atoms with Gasteiger partial charge in [-0.15, -0.1) is 11.3 Å². The highest BCUT2D eigenvalue weighted by atomic mass is 79.9. The predicted octanol–water partition coefficient (Wildman–Crippen LogP) is 2.40. The molecule has 0 atom stereocenters. The normalized spacial score (nSPS) is 18.7. The molecule has 3 heterocycles. The lowest BCUT2D eigenvalue weighted by molar-refractivity contribution is 0.325. The van der Waals surface area contributed by atoms with E-state index in [1.165, 1.54) is 22.6 Å². The van der Waals surface area contributed by atoms with Gasteiger partial charge in [-0.3, -0.25) is 4.68 Å². The summed E-state index contributed by atoms with van der Waals surface area (Å²) in [7, 11) is -3.40. The number of thiophene rings is 1. The summed E-state index contributed by atoms with van der Waals surface area (Å²) >= 11 is 4.59. The summed E-state index contributed by atoms with van der Waals surface area (Å²) in [5, 5.41) is 4.61. The lowest BCUT2D eigenvalue weighted by Crippen LogP contribution is -2.38. The fraction of sp³-hybridized carbons (Fsp3) is 0.462. The zero-order valence-corrected chi connectivity index (χ0v) is 14.5. The van der Waals surface area contributed by atoms with Crippen LogP contribution in [0.3, 0.4) is 0 Å². The van der Waals surface area contributed by atoms with Crippen molar-refractivity contribution in [2.75, 3.05) is 6.54 Å². The van der Waals surface area contributed by atoms with Crippen molar-refractivity contribution in [2.45, 2.75) is 36.6 Å². The molecule has 5 nitrogen and oxygen atoms in total. The molecule has 1 aliphatic heterocycles. The van der Waals surface area contributed by atoms with Crippen molar-refractivity contribution in [3.05, 3.63) is 32.9 Å². The Hall–Kier alpha value is -0.700. The van der Waals surface area contributed by atoms with E-state index in [0.717, 1.165) is 28.7 Å². The molecule has 4 rings (SSSR count). The number of fused-ring (bicyclic) bond motifs is 3. The molecule has 2 aromatic heterocycles. The van der Waals surface area contributed by atoms with Crippen molar-refractivity contribution in [2.24, 2.45) is 0 Å². The van der Waals surface area contributed by atoms with Crippen LogP contribution in [0.2, 0.25) is 0 Å². The number of sulfonamides is 1. The number of rotatable bonds is 2. The van der Waals surface area contributed by atoms with Crippen molar-refractivity contribution < 1.29 is 8.42 Å². The third kappa shape index (κ3) is 2.19. The molecular formula is C13H14BrN3O2S2. The number of aromatic nitrogens is 2. The van der Waals surface area contributed by atoms with Crippen LogP contribution in [0.25, 0.3) is 0 Å². The number of halogens is 1. The minimum Gasteiger partial charge on any atom is -0.266 e. The van der Waals surface area contributed by atoms with E-state index in [1.807, 2.05) is 4.68 Å². The Balaban J connectivity index is 1.69. The predicted molar refractivity (Wildman–Crippen MR) is 83.9 cm³/mol. The number of nitrogens with zero attached hydrogens (tertiary/aromatic N) is 3. The molecule has 0 aromatic carbocycles. The van der Waals surface area contributed by atoms with Crippen molar-refractivity contribution in [3.63, 3.8) is 0 Å². The average Bonchev–Trinajstić information content (AvgIpc) is 3.12. The van der Waals surface area contributed by atoms with E-state index >= 15 is 0 Å². The molecule has 1 aliphatic carbocycles. The molecule has 0 unspecified atom stereocenters. The highest BCUT2D eigenvalue weighted by Gasteiger charge is 2.33. The first kappa shape index (κ1) is 13.9. The zero-order valence-electron chi connectivity index (χ0n) is 11.2. The summed E-state index contributed by atoms with van der Waals surface area (Å²) in [6.07, 6.45) is 3.19. The lowest BCUT2D eigenvalue weighted by atomic mass is 10.2. The van der Waals surface area contributed by atoms with Gasteiger partial charge in [0.1, 0.15) is 4.21 Å². The summed E-state index contributed by atoms with van der Waals surface area (Å²) in [6.45, 7) is 1.58. The molecule has 0 saturated carbocycles. The molecular weight excluding hydrogens is 374 g/mol. The molecule has 21 heavy (non-hydrogen) atoms. The lowest BCUT2D eigenvalue weighted by Gasteiger charge is -2.27. The Morgan fingerprint density at radius 2 is 2.10 bits per heavy atom. The van der Waals surface area contributed by atoms with Crippen molar-refractivity contribution in [3.8, 4) is 0 Å². The molecule has 0 spiro atoms. The largest absolute Gasteiger partial charge is 0.266 e. The second-order valence-corrected chi connectivity index (χ2v) is 9.97. The number of hydrogen-bond acceptors (Lipinski definition) is 4. The van der Waals surface area contributed by atoms with Gasteiger partial charge in [0.05, 0.1) is 28.3 Å². The second-order valence-electron chi connectivity index (χ2n) is 5.35. The van der Waals surface area contributed by atoms with E-state index in [0.29, 0.717) is 23.8 Å². The van der Waals surface area contributed by atoms with Gasteiger partial charge in [0.25, 0.3) is 10.0 Å². The molecule has 0 radical (unpaired) electrons. The molecule has 0 amide bonds. The van der Waals surface area contributed by atoms with Gasteiger partial charge in [-0.1, -0.05) is 0 Å². The first-order chi connectivity index (χ1) is 10.1. The van der Waals surface area contributed by atoms with E-state index in [2.05, 4.69) is 21.0 Å². The summed E-state index contributed by atoms with van der Waals surface area (Å²) in [5.74, 6) is 0. The Kier molecular flexibility index (Phi) is 3.25. The SMILES string of the molecule is O=S(=O)(c1ccc(Br)s1)N1CCn2nc3c(c2C1)CCC3. The average molecular weight is 388 g/mol. The fourth-order valence-corrected chi connectivity index (χ4v) is 6.65. The van der Waals surface area contributed by atoms with Crippen molar-refractivity contribution in [1.29, 1.82) is 0 Å². The summed E-state index contributed by atoms with van der Waals surface area (Å²) < 4.78 is 30.3. The fourth-order valence-electron chi connectivity index (χ4n) is 3.09. The molecule has 112 valence electrons. The first-order valence-corrected chi connectivity index (χ1v) is 9.93. The maximum Gasteiger partial charge on any atom is 0.253 e. The quantitative estimate of drug-likeness (QED) is 0.794. The molecule has 0 fully saturated rings. The summed E-state index contributed by atoms with van der Waals surface area (Å²) in [4.78, 5) is 0. The van der Waals surface area contributed by atoms with Gasteiger partial charge in [0.2, 0.25) is 0 Å². The Bertz CT molecular complexity index is 809. The molecule has 0 N–H and O–H groups in total. The van der Waals surface area contributed by atoms with Crippen LogP contribution in [0, 0.1) is 0 Å². The molecule has 2 aromatic rings. The first-order valence-electron chi connectivity index (χ1n) is 6.88. The van der Waals surface area contributed by atoms with E-state index in [4.69, 9.17) is 0 Å². The van der Waals surface area contributed by atoms with Crippen molar-refractivity contribution >= 4 is 37.3 Å². The van der Waals surface area contributed by atoms with Gasteiger partial charge >= 0.3 is 0 Å². The van der Waals surface area contributed by atoms with Crippen LogP contribution in [-0.2, 0) is 36.0 Å². The van der Waals surface area contributed by atoms with Gasteiger partial charge in [0.15, 0.2) is 0 Å². The van der Waals surface area contributed by atoms with E-state index in [-0.39, 0.29) is 0 Å². The Labute approximate surface area is 135 Å². The monoisotopic (exact) mass is 387 g/mol. The van der Waals surface area contributed by atoms with Crippen LogP contribution >= 0.6 is 27.3 Å². The van der Waals surface area contributed by atoms with Crippen LogP contribution < -0.4 is 0 Å². The molecule has 0 saturated heterocycles. The van der Waals surface area contributed by atoms with Gasteiger partial charge in [0, 0.05) is 6.54 Å². The third-order valence-electron chi connectivity index (χ3n) is 4.12. The molecule has 0 bridgehead atoms. The maximum absolute atomic E-state index is 12.7. The summed E-state index contributed by atoms with van der Waals surface area (Å²) in [6, 6.07) is 3.45. The number of aryl methyl sites for hydroxylation is 1. The molecule has 2 aliphatic rings. The third-order valence-corrected chi connectivity index (χ3v) is 8.06. The van der Waals surface area contributed by atoms with Gasteiger partial charge in [-0.05, 0) is 52.9 Å². The van der Waals surface area contributed by atoms with Gasteiger partial charge in [-0.2, -0.15) is 9.40 Å². The maximum atomic E-state index is 12.7. The molecule has 8 heteroatoms. The van der Waals surface area contributed by atoms with Gasteiger partial charge < -0.3 is 0 Å². The minimum absolute atomic E-state index is 0.402. The Morgan fingerprint density at radius 3 is 2.86 bits per heavy atom. The second kappa shape index (κ2) is 4.91. The topological polar surface area (TPSA) is 55.2 Å².